The minimum absolute atomic E-state index is 0.00333. The summed E-state index contributed by atoms with van der Waals surface area (Å²) in [5.74, 6) is -0.00333. The fraction of sp³-hybridized carbons (Fsp3) is 0.647. The first kappa shape index (κ1) is 18.9. The minimum atomic E-state index is -3.31. The molecular formula is C17H26BNO5S. The highest BCUT2D eigenvalue weighted by molar-refractivity contribution is 7.88. The number of benzene rings is 1. The third kappa shape index (κ3) is 3.93. The van der Waals surface area contributed by atoms with Crippen molar-refractivity contribution in [2.45, 2.75) is 44.6 Å². The van der Waals surface area contributed by atoms with Crippen molar-refractivity contribution in [1.29, 1.82) is 0 Å². The van der Waals surface area contributed by atoms with Gasteiger partial charge in [0.25, 0.3) is 0 Å². The second kappa shape index (κ2) is 6.66. The summed E-state index contributed by atoms with van der Waals surface area (Å²) in [6.07, 6.45) is 0. The zero-order chi connectivity index (χ0) is 18.3. The summed E-state index contributed by atoms with van der Waals surface area (Å²) in [7, 11) is -3.75. The number of sulfonamides is 1. The van der Waals surface area contributed by atoms with Crippen LogP contribution in [-0.4, -0.2) is 57.3 Å². The van der Waals surface area contributed by atoms with Gasteiger partial charge in [-0.3, -0.25) is 0 Å². The molecule has 2 heterocycles. The van der Waals surface area contributed by atoms with Crippen molar-refractivity contribution in [3.05, 3.63) is 29.8 Å². The Balaban J connectivity index is 1.69. The largest absolute Gasteiger partial charge is 0.494 e. The first-order valence-corrected chi connectivity index (χ1v) is 10.2. The van der Waals surface area contributed by atoms with E-state index in [1.807, 2.05) is 52.0 Å². The molecule has 0 radical (unpaired) electrons. The minimum Gasteiger partial charge on any atom is -0.399 e. The van der Waals surface area contributed by atoms with Crippen molar-refractivity contribution >= 4 is 22.6 Å². The number of hydrogen-bond acceptors (Lipinski definition) is 5. The number of rotatable bonds is 4. The van der Waals surface area contributed by atoms with E-state index >= 15 is 0 Å². The van der Waals surface area contributed by atoms with Gasteiger partial charge in [0.1, 0.15) is 0 Å². The average Bonchev–Trinajstić information content (AvgIpc) is 2.77. The molecule has 0 N–H and O–H groups in total. The van der Waals surface area contributed by atoms with Gasteiger partial charge in [-0.1, -0.05) is 24.3 Å². The van der Waals surface area contributed by atoms with Crippen LogP contribution in [0.4, 0.5) is 0 Å². The highest BCUT2D eigenvalue weighted by Gasteiger charge is 2.51. The molecule has 2 fully saturated rings. The maximum atomic E-state index is 12.5. The lowest BCUT2D eigenvalue weighted by Crippen LogP contribution is -2.41. The zero-order valence-electron chi connectivity index (χ0n) is 15.3. The van der Waals surface area contributed by atoms with Crippen LogP contribution in [0.2, 0.25) is 0 Å². The van der Waals surface area contributed by atoms with E-state index in [2.05, 4.69) is 0 Å². The third-order valence-electron chi connectivity index (χ3n) is 5.22. The van der Waals surface area contributed by atoms with Gasteiger partial charge >= 0.3 is 7.12 Å². The van der Waals surface area contributed by atoms with Crippen molar-refractivity contribution in [3.63, 3.8) is 0 Å². The molecule has 25 heavy (non-hydrogen) atoms. The Bertz CT molecular complexity index is 695. The highest BCUT2D eigenvalue weighted by Crippen LogP contribution is 2.36. The van der Waals surface area contributed by atoms with E-state index < -0.39 is 28.3 Å². The van der Waals surface area contributed by atoms with Crippen molar-refractivity contribution in [2.75, 3.05) is 26.3 Å². The molecule has 6 nitrogen and oxygen atoms in total. The molecule has 0 spiro atoms. The molecule has 0 aromatic heterocycles. The van der Waals surface area contributed by atoms with E-state index in [0.717, 1.165) is 11.0 Å². The van der Waals surface area contributed by atoms with E-state index in [-0.39, 0.29) is 5.75 Å². The lowest BCUT2D eigenvalue weighted by Gasteiger charge is -2.32. The first-order valence-electron chi connectivity index (χ1n) is 8.61. The van der Waals surface area contributed by atoms with Crippen LogP contribution in [-0.2, 0) is 29.8 Å². The summed E-state index contributed by atoms with van der Waals surface area (Å²) in [6.45, 7) is 9.81. The molecule has 3 rings (SSSR count). The van der Waals surface area contributed by atoms with Crippen LogP contribution >= 0.6 is 0 Å². The monoisotopic (exact) mass is 367 g/mol. The van der Waals surface area contributed by atoms with Crippen molar-refractivity contribution in [1.82, 2.24) is 4.31 Å². The second-order valence-electron chi connectivity index (χ2n) is 7.60. The quantitative estimate of drug-likeness (QED) is 0.747. The molecule has 138 valence electrons. The van der Waals surface area contributed by atoms with Crippen LogP contribution < -0.4 is 5.46 Å². The molecule has 8 heteroatoms. The fourth-order valence-corrected chi connectivity index (χ4v) is 4.38. The zero-order valence-corrected chi connectivity index (χ0v) is 16.1. The summed E-state index contributed by atoms with van der Waals surface area (Å²) >= 11 is 0. The van der Waals surface area contributed by atoms with E-state index in [1.165, 1.54) is 4.31 Å². The summed E-state index contributed by atoms with van der Waals surface area (Å²) in [4.78, 5) is 0. The molecule has 1 aromatic carbocycles. The van der Waals surface area contributed by atoms with Gasteiger partial charge in [0.15, 0.2) is 0 Å². The Hall–Kier alpha value is -0.925. The van der Waals surface area contributed by atoms with Gasteiger partial charge < -0.3 is 14.0 Å². The van der Waals surface area contributed by atoms with Crippen molar-refractivity contribution in [2.24, 2.45) is 0 Å². The lowest BCUT2D eigenvalue weighted by molar-refractivity contribution is 0.00578. The van der Waals surface area contributed by atoms with Crippen LogP contribution in [0.3, 0.4) is 0 Å². The van der Waals surface area contributed by atoms with E-state index in [0.29, 0.717) is 26.3 Å². The average molecular weight is 367 g/mol. The molecule has 2 aliphatic heterocycles. The molecule has 0 unspecified atom stereocenters. The van der Waals surface area contributed by atoms with E-state index in [9.17, 15) is 8.42 Å². The highest BCUT2D eigenvalue weighted by atomic mass is 32.2. The summed E-state index contributed by atoms with van der Waals surface area (Å²) < 4.78 is 43.7. The Morgan fingerprint density at radius 1 is 1.00 bits per heavy atom. The van der Waals surface area contributed by atoms with Crippen molar-refractivity contribution in [3.8, 4) is 0 Å². The Morgan fingerprint density at radius 2 is 1.52 bits per heavy atom. The van der Waals surface area contributed by atoms with Crippen LogP contribution in [0.1, 0.15) is 33.3 Å². The number of hydrogen-bond donors (Lipinski definition) is 0. The maximum absolute atomic E-state index is 12.5. The van der Waals surface area contributed by atoms with Crippen LogP contribution in [0.25, 0.3) is 0 Å². The van der Waals surface area contributed by atoms with Crippen LogP contribution in [0, 0.1) is 0 Å². The van der Waals surface area contributed by atoms with Gasteiger partial charge in [-0.05, 0) is 38.7 Å². The number of nitrogens with zero attached hydrogens (tertiary/aromatic N) is 1. The molecule has 0 aliphatic carbocycles. The van der Waals surface area contributed by atoms with Gasteiger partial charge in [0.05, 0.1) is 30.2 Å². The smallest absolute Gasteiger partial charge is 0.399 e. The molecule has 0 saturated carbocycles. The SMILES string of the molecule is CC1(C)OB(c2ccc(CS(=O)(=O)N3CCOCC3)cc2)OC1(C)C. The predicted molar refractivity (Wildman–Crippen MR) is 97.2 cm³/mol. The van der Waals surface area contributed by atoms with Crippen molar-refractivity contribution < 1.29 is 22.5 Å². The summed E-state index contributed by atoms with van der Waals surface area (Å²) in [5.41, 5.74) is 0.865. The van der Waals surface area contributed by atoms with E-state index in [4.69, 9.17) is 14.0 Å². The van der Waals surface area contributed by atoms with Gasteiger partial charge in [-0.2, -0.15) is 4.31 Å². The predicted octanol–water partition coefficient (Wildman–Crippen LogP) is 1.15. The molecule has 0 amide bonds. The fourth-order valence-electron chi connectivity index (χ4n) is 2.88. The summed E-state index contributed by atoms with van der Waals surface area (Å²) in [5, 5.41) is 0. The molecule has 0 bridgehead atoms. The Kier molecular flexibility index (Phi) is 5.03. The van der Waals surface area contributed by atoms with Gasteiger partial charge in [0, 0.05) is 13.1 Å². The Labute approximate surface area is 150 Å². The molecule has 2 aliphatic rings. The standard InChI is InChI=1S/C17H26BNO5S/c1-16(2)17(3,4)24-18(23-16)15-7-5-14(6-8-15)13-25(20,21)19-9-11-22-12-10-19/h5-8H,9-13H2,1-4H3. The lowest BCUT2D eigenvalue weighted by atomic mass is 9.79. The molecule has 0 atom stereocenters. The first-order chi connectivity index (χ1) is 11.6. The third-order valence-corrected chi connectivity index (χ3v) is 7.07. The topological polar surface area (TPSA) is 65.1 Å². The molecule has 1 aromatic rings. The van der Waals surface area contributed by atoms with E-state index in [1.54, 1.807) is 0 Å². The van der Waals surface area contributed by atoms with Crippen LogP contribution in [0.15, 0.2) is 24.3 Å². The number of ether oxygens (including phenoxy) is 1. The van der Waals surface area contributed by atoms with Crippen LogP contribution in [0.5, 0.6) is 0 Å². The maximum Gasteiger partial charge on any atom is 0.494 e. The van der Waals surface area contributed by atoms with Gasteiger partial charge in [-0.25, -0.2) is 8.42 Å². The molecule has 2 saturated heterocycles. The second-order valence-corrected chi connectivity index (χ2v) is 9.57. The van der Waals surface area contributed by atoms with Gasteiger partial charge in [0.2, 0.25) is 10.0 Å². The summed E-state index contributed by atoms with van der Waals surface area (Å²) in [6, 6.07) is 7.43. The van der Waals surface area contributed by atoms with Gasteiger partial charge in [-0.15, -0.1) is 0 Å². The number of morpholine rings is 1. The normalized spacial score (nSPS) is 23.8. The molecular weight excluding hydrogens is 341 g/mol. The Morgan fingerprint density at radius 3 is 2.04 bits per heavy atom.